The van der Waals surface area contributed by atoms with Crippen molar-refractivity contribution in [1.82, 2.24) is 9.55 Å². The van der Waals surface area contributed by atoms with Crippen molar-refractivity contribution in [2.75, 3.05) is 12.4 Å². The molecule has 1 N–H and O–H groups in total. The minimum Gasteiger partial charge on any atom is -0.497 e. The molecule has 0 aliphatic rings. The van der Waals surface area contributed by atoms with Gasteiger partial charge in [0.25, 0.3) is 5.56 Å². The van der Waals surface area contributed by atoms with Crippen LogP contribution in [0.3, 0.4) is 0 Å². The number of nitrogens with zero attached hydrogens (tertiary/aromatic N) is 2. The number of rotatable bonds is 7. The van der Waals surface area contributed by atoms with Gasteiger partial charge in [0.1, 0.15) is 12.3 Å². The maximum absolute atomic E-state index is 12.0. The lowest BCUT2D eigenvalue weighted by Gasteiger charge is -2.08. The van der Waals surface area contributed by atoms with Crippen molar-refractivity contribution in [2.45, 2.75) is 32.7 Å². The molecule has 2 aromatic rings. The minimum absolute atomic E-state index is 0.0636. The van der Waals surface area contributed by atoms with Gasteiger partial charge in [-0.1, -0.05) is 13.3 Å². The summed E-state index contributed by atoms with van der Waals surface area (Å²) in [6.45, 7) is 2.02. The Bertz CT molecular complexity index is 708. The number of hydrogen-bond acceptors (Lipinski definition) is 4. The molecule has 0 saturated carbocycles. The molecule has 1 aromatic heterocycles. The van der Waals surface area contributed by atoms with E-state index in [9.17, 15) is 9.59 Å². The maximum Gasteiger partial charge on any atom is 0.253 e. The number of aryl methyl sites for hydroxylation is 1. The zero-order chi connectivity index (χ0) is 16.7. The Hall–Kier alpha value is -2.63. The van der Waals surface area contributed by atoms with E-state index in [0.29, 0.717) is 11.4 Å². The fourth-order valence-electron chi connectivity index (χ4n) is 2.11. The number of methoxy groups -OCH3 is 1. The van der Waals surface area contributed by atoms with Gasteiger partial charge in [0, 0.05) is 17.4 Å². The molecule has 1 aromatic carbocycles. The third-order valence-corrected chi connectivity index (χ3v) is 3.41. The first-order valence-corrected chi connectivity index (χ1v) is 7.61. The van der Waals surface area contributed by atoms with Crippen molar-refractivity contribution >= 4 is 11.6 Å². The van der Waals surface area contributed by atoms with Crippen molar-refractivity contribution in [3.8, 4) is 5.75 Å². The van der Waals surface area contributed by atoms with Gasteiger partial charge >= 0.3 is 0 Å². The second kappa shape index (κ2) is 8.12. The minimum atomic E-state index is -0.277. The first kappa shape index (κ1) is 16.7. The normalized spacial score (nSPS) is 10.3. The standard InChI is InChI=1S/C17H21N3O3/c1-3-4-5-14-10-17(22)20(12-18-14)11-16(21)19-13-6-8-15(23-2)9-7-13/h6-10,12H,3-5,11H2,1-2H3,(H,19,21). The van der Waals surface area contributed by atoms with Crippen LogP contribution in [-0.4, -0.2) is 22.6 Å². The topological polar surface area (TPSA) is 73.2 Å². The van der Waals surface area contributed by atoms with E-state index in [4.69, 9.17) is 4.74 Å². The number of carbonyl (C=O) groups excluding carboxylic acids is 1. The second-order valence-electron chi connectivity index (χ2n) is 5.23. The molecule has 0 radical (unpaired) electrons. The Morgan fingerprint density at radius 3 is 2.65 bits per heavy atom. The van der Waals surface area contributed by atoms with Crippen LogP contribution in [-0.2, 0) is 17.8 Å². The number of hydrogen-bond donors (Lipinski definition) is 1. The summed E-state index contributed by atoms with van der Waals surface area (Å²) in [5.41, 5.74) is 1.20. The van der Waals surface area contributed by atoms with E-state index in [0.717, 1.165) is 25.0 Å². The molecular weight excluding hydrogens is 294 g/mol. The van der Waals surface area contributed by atoms with Crippen LogP contribution in [0.4, 0.5) is 5.69 Å². The van der Waals surface area contributed by atoms with Crippen molar-refractivity contribution in [3.63, 3.8) is 0 Å². The molecule has 1 heterocycles. The van der Waals surface area contributed by atoms with E-state index in [1.54, 1.807) is 31.4 Å². The van der Waals surface area contributed by atoms with Crippen LogP contribution in [0.25, 0.3) is 0 Å². The molecule has 0 unspecified atom stereocenters. The predicted octanol–water partition coefficient (Wildman–Crippen LogP) is 2.23. The highest BCUT2D eigenvalue weighted by Gasteiger charge is 2.06. The first-order valence-electron chi connectivity index (χ1n) is 7.61. The van der Waals surface area contributed by atoms with Crippen LogP contribution in [0.1, 0.15) is 25.5 Å². The molecule has 23 heavy (non-hydrogen) atoms. The molecule has 0 bridgehead atoms. The van der Waals surface area contributed by atoms with Crippen LogP contribution in [0.5, 0.6) is 5.75 Å². The summed E-state index contributed by atoms with van der Waals surface area (Å²) in [6, 6.07) is 8.49. The fraction of sp³-hybridized carbons (Fsp3) is 0.353. The molecule has 0 saturated heterocycles. The Balaban J connectivity index is 1.97. The summed E-state index contributed by atoms with van der Waals surface area (Å²) in [7, 11) is 1.58. The zero-order valence-electron chi connectivity index (χ0n) is 13.4. The Kier molecular flexibility index (Phi) is 5.91. The maximum atomic E-state index is 12.0. The summed E-state index contributed by atoms with van der Waals surface area (Å²) in [5.74, 6) is 0.437. The van der Waals surface area contributed by atoms with Crippen LogP contribution in [0, 0.1) is 0 Å². The molecule has 6 nitrogen and oxygen atoms in total. The quantitative estimate of drug-likeness (QED) is 0.850. The van der Waals surface area contributed by atoms with E-state index in [1.165, 1.54) is 17.0 Å². The fourth-order valence-corrected chi connectivity index (χ4v) is 2.11. The summed E-state index contributed by atoms with van der Waals surface area (Å²) in [6.07, 6.45) is 4.26. The highest BCUT2D eigenvalue weighted by molar-refractivity contribution is 5.90. The molecule has 1 amide bonds. The van der Waals surface area contributed by atoms with Gasteiger partial charge < -0.3 is 10.1 Å². The lowest BCUT2D eigenvalue weighted by molar-refractivity contribution is -0.116. The number of anilines is 1. The number of ether oxygens (including phenoxy) is 1. The highest BCUT2D eigenvalue weighted by Crippen LogP contribution is 2.14. The van der Waals surface area contributed by atoms with Gasteiger partial charge in [-0.25, -0.2) is 4.98 Å². The number of amides is 1. The number of aromatic nitrogens is 2. The molecule has 0 fully saturated rings. The van der Waals surface area contributed by atoms with Crippen molar-refractivity contribution in [1.29, 1.82) is 0 Å². The average molecular weight is 315 g/mol. The van der Waals surface area contributed by atoms with Crippen LogP contribution in [0.2, 0.25) is 0 Å². The monoisotopic (exact) mass is 315 g/mol. The number of carbonyl (C=O) groups is 1. The van der Waals surface area contributed by atoms with Crippen LogP contribution < -0.4 is 15.6 Å². The molecule has 122 valence electrons. The van der Waals surface area contributed by atoms with Crippen molar-refractivity contribution in [2.24, 2.45) is 0 Å². The van der Waals surface area contributed by atoms with E-state index >= 15 is 0 Å². The molecule has 0 aliphatic carbocycles. The summed E-state index contributed by atoms with van der Waals surface area (Å²) in [5, 5.41) is 2.74. The highest BCUT2D eigenvalue weighted by atomic mass is 16.5. The molecule has 0 spiro atoms. The van der Waals surface area contributed by atoms with Crippen LogP contribution >= 0.6 is 0 Å². The second-order valence-corrected chi connectivity index (χ2v) is 5.23. The molecule has 0 aliphatic heterocycles. The van der Waals surface area contributed by atoms with Gasteiger partial charge in [-0.3, -0.25) is 14.2 Å². The SMILES string of the molecule is CCCCc1cc(=O)n(CC(=O)Nc2ccc(OC)cc2)cn1. The molecule has 0 atom stereocenters. The van der Waals surface area contributed by atoms with Crippen molar-refractivity contribution in [3.05, 3.63) is 52.7 Å². The van der Waals surface area contributed by atoms with Gasteiger partial charge in [0.15, 0.2) is 0 Å². The van der Waals surface area contributed by atoms with Crippen molar-refractivity contribution < 1.29 is 9.53 Å². The summed E-state index contributed by atoms with van der Waals surface area (Å²) >= 11 is 0. The third kappa shape index (κ3) is 4.95. The largest absolute Gasteiger partial charge is 0.497 e. The zero-order valence-corrected chi connectivity index (χ0v) is 13.4. The van der Waals surface area contributed by atoms with E-state index in [2.05, 4.69) is 17.2 Å². The van der Waals surface area contributed by atoms with Gasteiger partial charge in [-0.2, -0.15) is 0 Å². The van der Waals surface area contributed by atoms with Gasteiger partial charge in [0.2, 0.25) is 5.91 Å². The van der Waals surface area contributed by atoms with Gasteiger partial charge in [0.05, 0.1) is 13.4 Å². The van der Waals surface area contributed by atoms with Gasteiger partial charge in [-0.15, -0.1) is 0 Å². The molecular formula is C17H21N3O3. The average Bonchev–Trinajstić information content (AvgIpc) is 2.56. The third-order valence-electron chi connectivity index (χ3n) is 3.41. The predicted molar refractivity (Wildman–Crippen MR) is 88.7 cm³/mol. The van der Waals surface area contributed by atoms with Crippen LogP contribution in [0.15, 0.2) is 41.5 Å². The summed E-state index contributed by atoms with van der Waals surface area (Å²) in [4.78, 5) is 28.2. The molecule has 2 rings (SSSR count). The van der Waals surface area contributed by atoms with E-state index in [-0.39, 0.29) is 18.0 Å². The smallest absolute Gasteiger partial charge is 0.253 e. The number of nitrogens with one attached hydrogen (secondary N) is 1. The number of unbranched alkanes of at least 4 members (excludes halogenated alkanes) is 1. The van der Waals surface area contributed by atoms with E-state index < -0.39 is 0 Å². The van der Waals surface area contributed by atoms with Gasteiger partial charge in [-0.05, 0) is 37.1 Å². The first-order chi connectivity index (χ1) is 11.1. The number of benzene rings is 1. The Morgan fingerprint density at radius 2 is 2.04 bits per heavy atom. The Labute approximate surface area is 135 Å². The lowest BCUT2D eigenvalue weighted by Crippen LogP contribution is -2.27. The molecule has 6 heteroatoms. The van der Waals surface area contributed by atoms with E-state index in [1.807, 2.05) is 0 Å². The Morgan fingerprint density at radius 1 is 1.30 bits per heavy atom. The summed E-state index contributed by atoms with van der Waals surface area (Å²) < 4.78 is 6.36. The lowest BCUT2D eigenvalue weighted by atomic mass is 10.2.